The molecule has 0 spiro atoms. The molecule has 6 nitrogen and oxygen atoms in total. The summed E-state index contributed by atoms with van der Waals surface area (Å²) in [5.41, 5.74) is 7.50. The summed E-state index contributed by atoms with van der Waals surface area (Å²) in [7, 11) is 1.77. The number of rotatable bonds is 10. The van der Waals surface area contributed by atoms with Crippen molar-refractivity contribution in [2.75, 3.05) is 26.7 Å². The Kier molecular flexibility index (Phi) is 11.7. The fraction of sp³-hybridized carbons (Fsp3) is 0.391. The van der Waals surface area contributed by atoms with Crippen LogP contribution in [-0.2, 0) is 17.6 Å². The van der Waals surface area contributed by atoms with E-state index in [0.717, 1.165) is 42.5 Å². The predicted molar refractivity (Wildman–Crippen MR) is 139 cm³/mol. The second-order valence-corrected chi connectivity index (χ2v) is 8.41. The molecule has 8 heteroatoms. The molecule has 0 radical (unpaired) electrons. The maximum atomic E-state index is 10.8. The van der Waals surface area contributed by atoms with Crippen LogP contribution in [0, 0.1) is 5.41 Å². The van der Waals surface area contributed by atoms with Crippen LogP contribution < -0.4 is 21.1 Å². The Morgan fingerprint density at radius 1 is 1.13 bits per heavy atom. The molecule has 0 bridgehead atoms. The first-order chi connectivity index (χ1) is 14.3. The number of guanidine groups is 1. The molecule has 170 valence electrons. The van der Waals surface area contributed by atoms with Crippen LogP contribution in [0.4, 0.5) is 0 Å². The Balaban J connectivity index is 0.00000480. The number of carbonyl (C=O) groups excluding carboxylic acids is 1. The number of benzene rings is 2. The first-order valence-corrected chi connectivity index (χ1v) is 10.3. The zero-order valence-corrected chi connectivity index (χ0v) is 21.4. The van der Waals surface area contributed by atoms with Crippen LogP contribution in [0.5, 0.6) is 5.75 Å². The molecule has 0 aliphatic carbocycles. The Hall–Kier alpha value is -2.00. The monoisotopic (exact) mass is 558 g/mol. The predicted octanol–water partition coefficient (Wildman–Crippen LogP) is 3.80. The van der Waals surface area contributed by atoms with Gasteiger partial charge in [-0.25, -0.2) is 0 Å². The summed E-state index contributed by atoms with van der Waals surface area (Å²) < 4.78 is 5.27. The van der Waals surface area contributed by atoms with Gasteiger partial charge in [0.15, 0.2) is 12.6 Å². The van der Waals surface area contributed by atoms with E-state index in [9.17, 15) is 4.79 Å². The molecule has 0 aliphatic rings. The highest BCUT2D eigenvalue weighted by Gasteiger charge is 2.19. The number of nitrogens with one attached hydrogen (secondary N) is 2. The second-order valence-electron chi connectivity index (χ2n) is 7.97. The third kappa shape index (κ3) is 10.7. The average molecular weight is 559 g/mol. The van der Waals surface area contributed by atoms with E-state index in [2.05, 4.69) is 35.5 Å². The van der Waals surface area contributed by atoms with Crippen LogP contribution in [0.15, 0.2) is 53.5 Å². The summed E-state index contributed by atoms with van der Waals surface area (Å²) in [5.74, 6) is 0.915. The minimum Gasteiger partial charge on any atom is -0.484 e. The highest BCUT2D eigenvalue weighted by atomic mass is 127. The zero-order valence-electron chi connectivity index (χ0n) is 18.3. The van der Waals surface area contributed by atoms with E-state index in [1.54, 1.807) is 7.05 Å². The molecule has 0 heterocycles. The quantitative estimate of drug-likeness (QED) is 0.235. The zero-order chi connectivity index (χ0) is 22.0. The summed E-state index contributed by atoms with van der Waals surface area (Å²) >= 11 is 6.10. The number of carbonyl (C=O) groups is 1. The fourth-order valence-electron chi connectivity index (χ4n) is 3.04. The van der Waals surface area contributed by atoms with E-state index in [0.29, 0.717) is 5.75 Å². The number of halogens is 2. The lowest BCUT2D eigenvalue weighted by Gasteiger charge is -2.26. The number of hydrogen-bond acceptors (Lipinski definition) is 3. The van der Waals surface area contributed by atoms with Crippen molar-refractivity contribution in [3.63, 3.8) is 0 Å². The van der Waals surface area contributed by atoms with Gasteiger partial charge in [0.05, 0.1) is 0 Å². The molecular weight excluding hydrogens is 527 g/mol. The van der Waals surface area contributed by atoms with Gasteiger partial charge in [-0.2, -0.15) is 0 Å². The molecule has 0 atom stereocenters. The number of nitrogens with two attached hydrogens (primary N) is 1. The van der Waals surface area contributed by atoms with Crippen LogP contribution in [0.3, 0.4) is 0 Å². The molecule has 0 aliphatic heterocycles. The van der Waals surface area contributed by atoms with Crippen molar-refractivity contribution < 1.29 is 9.53 Å². The number of amides is 1. The summed E-state index contributed by atoms with van der Waals surface area (Å²) in [5, 5.41) is 7.52. The smallest absolute Gasteiger partial charge is 0.255 e. The number of aliphatic imine (C=N–C) groups is 1. The Morgan fingerprint density at radius 2 is 1.84 bits per heavy atom. The van der Waals surface area contributed by atoms with Crippen molar-refractivity contribution in [3.8, 4) is 5.75 Å². The highest BCUT2D eigenvalue weighted by Crippen LogP contribution is 2.22. The minimum atomic E-state index is -0.488. The Labute approximate surface area is 207 Å². The molecule has 0 unspecified atom stereocenters. The van der Waals surface area contributed by atoms with Crippen molar-refractivity contribution in [1.82, 2.24) is 10.6 Å². The van der Waals surface area contributed by atoms with Gasteiger partial charge >= 0.3 is 0 Å². The molecule has 2 aromatic rings. The lowest BCUT2D eigenvalue weighted by molar-refractivity contribution is -0.119. The Morgan fingerprint density at radius 3 is 2.45 bits per heavy atom. The fourth-order valence-corrected chi connectivity index (χ4v) is 3.25. The summed E-state index contributed by atoms with van der Waals surface area (Å²) in [4.78, 5) is 15.1. The van der Waals surface area contributed by atoms with E-state index < -0.39 is 5.91 Å². The van der Waals surface area contributed by atoms with Crippen molar-refractivity contribution in [3.05, 3.63) is 64.7 Å². The van der Waals surface area contributed by atoms with Crippen LogP contribution in [0.25, 0.3) is 0 Å². The molecule has 1 amide bonds. The first-order valence-electron chi connectivity index (χ1n) is 9.96. The van der Waals surface area contributed by atoms with Gasteiger partial charge in [-0.3, -0.25) is 9.79 Å². The third-order valence-electron chi connectivity index (χ3n) is 4.54. The van der Waals surface area contributed by atoms with Crippen molar-refractivity contribution in [1.29, 1.82) is 0 Å². The number of primary amides is 1. The van der Waals surface area contributed by atoms with Crippen LogP contribution >= 0.6 is 35.6 Å². The number of ether oxygens (including phenoxy) is 1. The van der Waals surface area contributed by atoms with Gasteiger partial charge in [0.1, 0.15) is 5.75 Å². The number of nitrogens with zero attached hydrogens (tertiary/aromatic N) is 1. The first kappa shape index (κ1) is 27.0. The summed E-state index contributed by atoms with van der Waals surface area (Å²) in [6.45, 7) is 5.85. The van der Waals surface area contributed by atoms with Crippen molar-refractivity contribution in [2.45, 2.75) is 26.7 Å². The summed E-state index contributed by atoms with van der Waals surface area (Å²) in [6.07, 6.45) is 1.75. The van der Waals surface area contributed by atoms with E-state index in [1.165, 1.54) is 5.56 Å². The largest absolute Gasteiger partial charge is 0.484 e. The molecule has 4 N–H and O–H groups in total. The standard InChI is InChI=1S/C23H31ClN4O2.HI/c1-23(2,14-18-5-4-6-19(24)13-18)16-28-22(26-3)27-12-11-17-7-9-20(10-8-17)30-15-21(25)29;/h4-10,13H,11-12,14-16H2,1-3H3,(H2,25,29)(H2,26,27,28);1H. The molecule has 0 aromatic heterocycles. The molecule has 0 saturated heterocycles. The Bertz CT molecular complexity index is 857. The van der Waals surface area contributed by atoms with Gasteiger partial charge < -0.3 is 21.1 Å². The summed E-state index contributed by atoms with van der Waals surface area (Å²) in [6, 6.07) is 15.6. The normalized spacial score (nSPS) is 11.4. The van der Waals surface area contributed by atoms with Gasteiger partial charge in [-0.05, 0) is 53.6 Å². The second kappa shape index (κ2) is 13.4. The maximum absolute atomic E-state index is 10.8. The lowest BCUT2D eigenvalue weighted by Crippen LogP contribution is -2.43. The van der Waals surface area contributed by atoms with Gasteiger partial charge in [0, 0.05) is 25.2 Å². The van der Waals surface area contributed by atoms with Crippen LogP contribution in [0.1, 0.15) is 25.0 Å². The van der Waals surface area contributed by atoms with Gasteiger partial charge in [0.2, 0.25) is 0 Å². The van der Waals surface area contributed by atoms with Crippen LogP contribution in [-0.4, -0.2) is 38.6 Å². The average Bonchev–Trinajstić information content (AvgIpc) is 2.69. The molecular formula is C23H32ClIN4O2. The van der Waals surface area contributed by atoms with E-state index in [1.807, 2.05) is 42.5 Å². The highest BCUT2D eigenvalue weighted by molar-refractivity contribution is 14.0. The van der Waals surface area contributed by atoms with Gasteiger partial charge in [-0.1, -0.05) is 49.7 Å². The SMILES string of the molecule is CN=C(NCCc1ccc(OCC(N)=O)cc1)NCC(C)(C)Cc1cccc(Cl)c1.I. The molecule has 31 heavy (non-hydrogen) atoms. The lowest BCUT2D eigenvalue weighted by atomic mass is 9.86. The molecule has 0 fully saturated rings. The topological polar surface area (TPSA) is 88.7 Å². The van der Waals surface area contributed by atoms with Crippen molar-refractivity contribution >= 4 is 47.4 Å². The van der Waals surface area contributed by atoms with Crippen LogP contribution in [0.2, 0.25) is 5.02 Å². The van der Waals surface area contributed by atoms with Gasteiger partial charge in [0.25, 0.3) is 5.91 Å². The molecule has 2 rings (SSSR count). The van der Waals surface area contributed by atoms with Gasteiger partial charge in [-0.15, -0.1) is 24.0 Å². The van der Waals surface area contributed by atoms with E-state index in [-0.39, 0.29) is 36.0 Å². The third-order valence-corrected chi connectivity index (χ3v) is 4.78. The maximum Gasteiger partial charge on any atom is 0.255 e. The molecule has 0 saturated carbocycles. The molecule has 2 aromatic carbocycles. The van der Waals surface area contributed by atoms with Crippen molar-refractivity contribution in [2.24, 2.45) is 16.1 Å². The van der Waals surface area contributed by atoms with E-state index >= 15 is 0 Å². The minimum absolute atomic E-state index is 0. The number of hydrogen-bond donors (Lipinski definition) is 3. The van der Waals surface area contributed by atoms with E-state index in [4.69, 9.17) is 22.1 Å².